The number of furan rings is 2. The highest BCUT2D eigenvalue weighted by Gasteiger charge is 2.25. The van der Waals surface area contributed by atoms with Gasteiger partial charge in [0.1, 0.15) is 22.3 Å². The van der Waals surface area contributed by atoms with E-state index in [0.717, 1.165) is 122 Å². The van der Waals surface area contributed by atoms with Gasteiger partial charge in [0, 0.05) is 67.0 Å². The van der Waals surface area contributed by atoms with Gasteiger partial charge < -0.3 is 18.6 Å². The summed E-state index contributed by atoms with van der Waals surface area (Å²) in [6, 6.07) is 91.6. The molecule has 0 atom stereocenters. The van der Waals surface area contributed by atoms with Crippen LogP contribution in [0.5, 0.6) is 0 Å². The van der Waals surface area contributed by atoms with Crippen molar-refractivity contribution >= 4 is 110 Å². The summed E-state index contributed by atoms with van der Waals surface area (Å²) in [4.78, 5) is 4.86. The molecule has 0 fully saturated rings. The van der Waals surface area contributed by atoms with Crippen LogP contribution in [-0.2, 0) is 0 Å². The lowest BCUT2D eigenvalue weighted by Gasteiger charge is -2.31. The molecule has 0 aliphatic rings. The topological polar surface area (TPSA) is 32.8 Å². The van der Waals surface area contributed by atoms with Gasteiger partial charge in [-0.1, -0.05) is 170 Å². The standard InChI is InChI=1S/C66H42N2O2/c1-3-17-45(18-4-1)57-37-47-40-62(68(60-30-16-24-44-22-8-10-26-52(44)60)50-34-36-56-54-28-12-14-32-64(54)70-66(56)42-50)58(46-19-5-2-6-20-46)38-48(47)39-61(57)67(59-29-15-23-43-21-7-9-25-51(43)59)49-33-35-55-53-27-11-13-31-63(53)69-65(55)41-49/h1-42H. The smallest absolute Gasteiger partial charge is 0.137 e. The van der Waals surface area contributed by atoms with Crippen molar-refractivity contribution < 1.29 is 8.83 Å². The van der Waals surface area contributed by atoms with E-state index < -0.39 is 0 Å². The Morgan fingerprint density at radius 1 is 0.229 bits per heavy atom. The summed E-state index contributed by atoms with van der Waals surface area (Å²) >= 11 is 0. The zero-order chi connectivity index (χ0) is 46.1. The van der Waals surface area contributed by atoms with Gasteiger partial charge in [0.2, 0.25) is 0 Å². The normalized spacial score (nSPS) is 11.7. The second kappa shape index (κ2) is 16.2. The number of anilines is 6. The van der Waals surface area contributed by atoms with E-state index in [1.807, 2.05) is 24.3 Å². The molecule has 70 heavy (non-hydrogen) atoms. The maximum Gasteiger partial charge on any atom is 0.137 e. The van der Waals surface area contributed by atoms with Crippen LogP contribution < -0.4 is 9.80 Å². The summed E-state index contributed by atoms with van der Waals surface area (Å²) < 4.78 is 13.2. The van der Waals surface area contributed by atoms with Gasteiger partial charge in [-0.25, -0.2) is 0 Å². The molecule has 328 valence electrons. The third-order valence-corrected chi connectivity index (χ3v) is 14.0. The van der Waals surface area contributed by atoms with Gasteiger partial charge in [0.15, 0.2) is 0 Å². The SMILES string of the molecule is c1ccc(-c2cc3cc(N(c4ccc5c(c4)oc4ccccc45)c4cccc5ccccc45)c(-c4ccccc4)cc3cc2N(c2ccc3c(c2)oc2ccccc23)c2cccc3ccccc23)cc1. The number of rotatable bonds is 8. The number of para-hydroxylation sites is 2. The first-order valence-electron chi connectivity index (χ1n) is 23.8. The summed E-state index contributed by atoms with van der Waals surface area (Å²) in [5, 5.41) is 11.3. The Labute approximate surface area is 404 Å². The molecule has 12 aromatic carbocycles. The predicted octanol–water partition coefficient (Wildman–Crippen LogP) is 19.2. The summed E-state index contributed by atoms with van der Waals surface area (Å²) in [6.07, 6.45) is 0. The molecule has 0 aliphatic carbocycles. The van der Waals surface area contributed by atoms with E-state index in [2.05, 4.69) is 240 Å². The van der Waals surface area contributed by atoms with Crippen LogP contribution in [0, 0.1) is 0 Å². The Morgan fingerprint density at radius 3 is 1.06 bits per heavy atom. The van der Waals surface area contributed by atoms with E-state index in [9.17, 15) is 0 Å². The Bertz CT molecular complexity index is 4030. The molecule has 0 saturated carbocycles. The van der Waals surface area contributed by atoms with Crippen molar-refractivity contribution in [2.75, 3.05) is 9.80 Å². The second-order valence-corrected chi connectivity index (χ2v) is 18.0. The zero-order valence-corrected chi connectivity index (χ0v) is 38.0. The van der Waals surface area contributed by atoms with Crippen LogP contribution in [0.15, 0.2) is 264 Å². The summed E-state index contributed by atoms with van der Waals surface area (Å²) in [7, 11) is 0. The van der Waals surface area contributed by atoms with E-state index in [0.29, 0.717) is 0 Å². The Balaban J connectivity index is 1.07. The highest BCUT2D eigenvalue weighted by atomic mass is 16.3. The minimum Gasteiger partial charge on any atom is -0.456 e. The lowest BCUT2D eigenvalue weighted by Crippen LogP contribution is -2.13. The molecule has 0 aliphatic heterocycles. The molecule has 0 N–H and O–H groups in total. The molecular formula is C66H42N2O2. The zero-order valence-electron chi connectivity index (χ0n) is 38.0. The second-order valence-electron chi connectivity index (χ2n) is 18.0. The summed E-state index contributed by atoms with van der Waals surface area (Å²) in [6.45, 7) is 0. The van der Waals surface area contributed by atoms with Crippen molar-refractivity contribution in [3.05, 3.63) is 255 Å². The fraction of sp³-hybridized carbons (Fsp3) is 0. The van der Waals surface area contributed by atoms with Crippen LogP contribution in [0.1, 0.15) is 0 Å². The average molecular weight is 895 g/mol. The molecular weight excluding hydrogens is 853 g/mol. The molecule has 0 unspecified atom stereocenters. The van der Waals surface area contributed by atoms with Gasteiger partial charge in [-0.2, -0.15) is 0 Å². The highest BCUT2D eigenvalue weighted by Crippen LogP contribution is 2.50. The van der Waals surface area contributed by atoms with Gasteiger partial charge in [0.05, 0.1) is 22.7 Å². The molecule has 0 bridgehead atoms. The van der Waals surface area contributed by atoms with Crippen LogP contribution in [-0.4, -0.2) is 0 Å². The fourth-order valence-electron chi connectivity index (χ4n) is 10.7. The minimum absolute atomic E-state index is 0.844. The monoisotopic (exact) mass is 894 g/mol. The minimum atomic E-state index is 0.844. The number of nitrogens with zero attached hydrogens (tertiary/aromatic N) is 2. The average Bonchev–Trinajstić information content (AvgIpc) is 3.99. The quantitative estimate of drug-likeness (QED) is 0.152. The number of benzene rings is 12. The molecule has 4 nitrogen and oxygen atoms in total. The number of hydrogen-bond donors (Lipinski definition) is 0. The van der Waals surface area contributed by atoms with Crippen molar-refractivity contribution in [1.29, 1.82) is 0 Å². The van der Waals surface area contributed by atoms with Crippen LogP contribution in [0.2, 0.25) is 0 Å². The van der Waals surface area contributed by atoms with E-state index in [-0.39, 0.29) is 0 Å². The van der Waals surface area contributed by atoms with Gasteiger partial charge in [-0.05, 0) is 105 Å². The summed E-state index contributed by atoms with van der Waals surface area (Å²) in [5.74, 6) is 0. The van der Waals surface area contributed by atoms with Crippen LogP contribution >= 0.6 is 0 Å². The van der Waals surface area contributed by atoms with Gasteiger partial charge in [0.25, 0.3) is 0 Å². The molecule has 2 heterocycles. The Kier molecular flexibility index (Phi) is 9.17. The molecule has 0 saturated heterocycles. The van der Waals surface area contributed by atoms with Crippen molar-refractivity contribution in [2.24, 2.45) is 0 Å². The maximum atomic E-state index is 6.59. The lowest BCUT2D eigenvalue weighted by molar-refractivity contribution is 0.668. The van der Waals surface area contributed by atoms with Crippen molar-refractivity contribution in [1.82, 2.24) is 0 Å². The Morgan fingerprint density at radius 2 is 0.600 bits per heavy atom. The van der Waals surface area contributed by atoms with E-state index in [1.165, 1.54) is 10.8 Å². The van der Waals surface area contributed by atoms with Crippen molar-refractivity contribution in [2.45, 2.75) is 0 Å². The molecule has 0 radical (unpaired) electrons. The van der Waals surface area contributed by atoms with Gasteiger partial charge >= 0.3 is 0 Å². The molecule has 14 rings (SSSR count). The van der Waals surface area contributed by atoms with Crippen LogP contribution in [0.3, 0.4) is 0 Å². The number of fused-ring (bicyclic) bond motifs is 9. The van der Waals surface area contributed by atoms with Gasteiger partial charge in [-0.15, -0.1) is 0 Å². The predicted molar refractivity (Wildman–Crippen MR) is 294 cm³/mol. The third kappa shape index (κ3) is 6.53. The first kappa shape index (κ1) is 39.8. The largest absolute Gasteiger partial charge is 0.456 e. The van der Waals surface area contributed by atoms with Crippen LogP contribution in [0.4, 0.5) is 34.1 Å². The van der Waals surface area contributed by atoms with E-state index >= 15 is 0 Å². The first-order valence-corrected chi connectivity index (χ1v) is 23.8. The molecule has 14 aromatic rings. The molecule has 0 spiro atoms. The van der Waals surface area contributed by atoms with Crippen molar-refractivity contribution in [3.63, 3.8) is 0 Å². The van der Waals surface area contributed by atoms with E-state index in [4.69, 9.17) is 8.83 Å². The number of hydrogen-bond acceptors (Lipinski definition) is 4. The lowest BCUT2D eigenvalue weighted by atomic mass is 9.93. The van der Waals surface area contributed by atoms with E-state index in [1.54, 1.807) is 0 Å². The molecule has 2 aromatic heterocycles. The first-order chi connectivity index (χ1) is 34.7. The third-order valence-electron chi connectivity index (χ3n) is 14.0. The summed E-state index contributed by atoms with van der Waals surface area (Å²) in [5.41, 5.74) is 14.1. The highest BCUT2D eigenvalue weighted by molar-refractivity contribution is 6.12. The van der Waals surface area contributed by atoms with Gasteiger partial charge in [-0.3, -0.25) is 0 Å². The molecule has 4 heteroatoms. The van der Waals surface area contributed by atoms with Crippen molar-refractivity contribution in [3.8, 4) is 22.3 Å². The fourth-order valence-corrected chi connectivity index (χ4v) is 10.7. The maximum absolute atomic E-state index is 6.59. The Hall–Kier alpha value is -9.38. The van der Waals surface area contributed by atoms with Crippen LogP contribution in [0.25, 0.3) is 98.4 Å². The molecule has 0 amide bonds.